The number of rotatable bonds is 5. The van der Waals surface area contributed by atoms with Crippen LogP contribution in [0.5, 0.6) is 0 Å². The normalized spacial score (nSPS) is 15.6. The van der Waals surface area contributed by atoms with Crippen LogP contribution < -0.4 is 10.7 Å². The van der Waals surface area contributed by atoms with Crippen LogP contribution in [-0.4, -0.2) is 27.4 Å². The monoisotopic (exact) mass is 414 g/mol. The highest BCUT2D eigenvalue weighted by Crippen LogP contribution is 2.26. The van der Waals surface area contributed by atoms with Crippen molar-refractivity contribution in [1.82, 2.24) is 4.57 Å². The van der Waals surface area contributed by atoms with E-state index < -0.39 is 5.97 Å². The van der Waals surface area contributed by atoms with Crippen molar-refractivity contribution in [1.29, 1.82) is 0 Å². The molecule has 1 aliphatic rings. The fraction of sp³-hybridized carbons (Fsp3) is 0.125. The van der Waals surface area contributed by atoms with E-state index in [0.29, 0.717) is 11.7 Å². The molecule has 3 aromatic rings. The Morgan fingerprint density at radius 1 is 1.13 bits per heavy atom. The Bertz CT molecular complexity index is 1260. The van der Waals surface area contributed by atoms with Crippen molar-refractivity contribution < 1.29 is 14.7 Å². The van der Waals surface area contributed by atoms with Gasteiger partial charge in [0.25, 0.3) is 5.91 Å². The van der Waals surface area contributed by atoms with Crippen molar-refractivity contribution in [2.75, 3.05) is 5.01 Å². The third-order valence-corrected chi connectivity index (χ3v) is 5.13. The van der Waals surface area contributed by atoms with Crippen molar-refractivity contribution in [2.24, 2.45) is 10.8 Å². The van der Waals surface area contributed by atoms with Gasteiger partial charge in [0.05, 0.1) is 16.8 Å². The van der Waals surface area contributed by atoms with Crippen LogP contribution in [0.15, 0.2) is 77.6 Å². The number of para-hydroxylation sites is 1. The lowest BCUT2D eigenvalue weighted by Gasteiger charge is -2.11. The molecule has 31 heavy (non-hydrogen) atoms. The van der Waals surface area contributed by atoms with Gasteiger partial charge in [-0.15, -0.1) is 5.10 Å². The van der Waals surface area contributed by atoms with Crippen molar-refractivity contribution in [2.45, 2.75) is 19.9 Å². The molecule has 0 aliphatic carbocycles. The van der Waals surface area contributed by atoms with Crippen molar-refractivity contribution in [3.63, 3.8) is 0 Å². The fourth-order valence-electron chi connectivity index (χ4n) is 3.55. The maximum Gasteiger partial charge on any atom is 0.335 e. The molecule has 156 valence electrons. The van der Waals surface area contributed by atoms with Gasteiger partial charge < -0.3 is 15.4 Å². The molecule has 4 rings (SSSR count). The third kappa shape index (κ3) is 3.73. The molecule has 0 atom stereocenters. The Morgan fingerprint density at radius 3 is 2.52 bits per heavy atom. The van der Waals surface area contributed by atoms with Crippen LogP contribution in [0, 0.1) is 0 Å². The number of hydrogen-bond donors (Lipinski definition) is 2. The number of nitrogens with zero attached hydrogens (tertiary/aromatic N) is 3. The number of aromatic carboxylic acids is 1. The zero-order chi connectivity index (χ0) is 22.1. The first-order valence-corrected chi connectivity index (χ1v) is 9.87. The molecule has 0 fully saturated rings. The van der Waals surface area contributed by atoms with Crippen molar-refractivity contribution in [3.8, 4) is 0 Å². The highest BCUT2D eigenvalue weighted by molar-refractivity contribution is 6.29. The fourth-order valence-corrected chi connectivity index (χ4v) is 3.55. The summed E-state index contributed by atoms with van der Waals surface area (Å²) < 4.78 is 2.21. The minimum absolute atomic E-state index is 0.113. The standard InChI is InChI=1S/C24H22N4O3/c1-15(2)27-14-17(19-7-3-4-9-21(19)27)6-5-8-20-22(25)26-28(23(20)29)18-12-10-16(11-13-18)24(30)31/h3-15H,1-2H3,(H2,25,26)(H,30,31)/b6-5+,20-8-. The van der Waals surface area contributed by atoms with E-state index in [1.807, 2.05) is 18.2 Å². The average molecular weight is 414 g/mol. The predicted octanol–water partition coefficient (Wildman–Crippen LogP) is 4.18. The summed E-state index contributed by atoms with van der Waals surface area (Å²) in [5, 5.41) is 15.4. The molecular weight excluding hydrogens is 392 g/mol. The van der Waals surface area contributed by atoms with Gasteiger partial charge in [-0.05, 0) is 55.8 Å². The predicted molar refractivity (Wildman–Crippen MR) is 122 cm³/mol. The van der Waals surface area contributed by atoms with Gasteiger partial charge in [-0.2, -0.15) is 5.01 Å². The zero-order valence-corrected chi connectivity index (χ0v) is 17.2. The molecule has 0 unspecified atom stereocenters. The van der Waals surface area contributed by atoms with E-state index in [1.165, 1.54) is 29.3 Å². The summed E-state index contributed by atoms with van der Waals surface area (Å²) in [6, 6.07) is 14.4. The first-order valence-electron chi connectivity index (χ1n) is 9.87. The molecule has 0 saturated heterocycles. The molecule has 1 amide bonds. The minimum atomic E-state index is -1.04. The van der Waals surface area contributed by atoms with Gasteiger partial charge in [0, 0.05) is 23.1 Å². The number of benzene rings is 2. The van der Waals surface area contributed by atoms with Crippen LogP contribution >= 0.6 is 0 Å². The van der Waals surface area contributed by atoms with E-state index >= 15 is 0 Å². The quantitative estimate of drug-likeness (QED) is 0.612. The maximum absolute atomic E-state index is 12.8. The van der Waals surface area contributed by atoms with E-state index in [9.17, 15) is 9.59 Å². The summed E-state index contributed by atoms with van der Waals surface area (Å²) in [5.74, 6) is -1.29. The van der Waals surface area contributed by atoms with Gasteiger partial charge in [0.1, 0.15) is 0 Å². The number of aromatic nitrogens is 1. The number of allylic oxidation sites excluding steroid dienone is 2. The highest BCUT2D eigenvalue weighted by atomic mass is 16.4. The molecule has 0 spiro atoms. The number of carbonyl (C=O) groups excluding carboxylic acids is 1. The van der Waals surface area contributed by atoms with Gasteiger partial charge in [0.15, 0.2) is 5.84 Å². The molecule has 3 N–H and O–H groups in total. The number of amides is 1. The van der Waals surface area contributed by atoms with E-state index in [1.54, 1.807) is 12.2 Å². The van der Waals surface area contributed by atoms with Gasteiger partial charge in [-0.3, -0.25) is 4.79 Å². The molecule has 7 nitrogen and oxygen atoms in total. The number of fused-ring (bicyclic) bond motifs is 1. The number of amidine groups is 1. The number of carboxylic acids is 1. The molecule has 0 saturated carbocycles. The minimum Gasteiger partial charge on any atom is -0.478 e. The number of nitrogens with two attached hydrogens (primary N) is 1. The Morgan fingerprint density at radius 2 is 1.84 bits per heavy atom. The molecule has 2 heterocycles. The molecule has 2 aromatic carbocycles. The van der Waals surface area contributed by atoms with Gasteiger partial charge in [-0.25, -0.2) is 4.79 Å². The van der Waals surface area contributed by atoms with Crippen LogP contribution in [-0.2, 0) is 4.79 Å². The van der Waals surface area contributed by atoms with E-state index in [0.717, 1.165) is 16.5 Å². The van der Waals surface area contributed by atoms with Gasteiger partial charge in [0.2, 0.25) is 0 Å². The van der Waals surface area contributed by atoms with E-state index in [4.69, 9.17) is 10.8 Å². The smallest absolute Gasteiger partial charge is 0.335 e. The van der Waals surface area contributed by atoms with Crippen LogP contribution in [0.4, 0.5) is 5.69 Å². The Kier molecular flexibility index (Phi) is 5.17. The van der Waals surface area contributed by atoms with E-state index in [-0.39, 0.29) is 22.9 Å². The second-order valence-corrected chi connectivity index (χ2v) is 7.50. The average Bonchev–Trinajstić information content (AvgIpc) is 3.26. The maximum atomic E-state index is 12.8. The van der Waals surface area contributed by atoms with E-state index in [2.05, 4.69) is 41.8 Å². The second-order valence-electron chi connectivity index (χ2n) is 7.50. The van der Waals surface area contributed by atoms with Crippen molar-refractivity contribution >= 4 is 40.4 Å². The SMILES string of the molecule is CC(C)n1cc(/C=C/C=C2\C(=O)N(c3ccc(C(=O)O)cc3)N=C2N)c2ccccc21. The molecule has 1 aromatic heterocycles. The largest absolute Gasteiger partial charge is 0.478 e. The number of hydrazone groups is 1. The van der Waals surface area contributed by atoms with Crippen molar-refractivity contribution in [3.05, 3.63) is 83.6 Å². The lowest BCUT2D eigenvalue weighted by Crippen LogP contribution is -2.22. The molecule has 7 heteroatoms. The number of carbonyl (C=O) groups is 2. The third-order valence-electron chi connectivity index (χ3n) is 5.13. The summed E-state index contributed by atoms with van der Waals surface area (Å²) in [6.07, 6.45) is 7.47. The van der Waals surface area contributed by atoms with Crippen LogP contribution in [0.1, 0.15) is 35.8 Å². The Balaban J connectivity index is 1.60. The van der Waals surface area contributed by atoms with Gasteiger partial charge >= 0.3 is 5.97 Å². The number of carboxylic acid groups (broad SMARTS) is 1. The lowest BCUT2D eigenvalue weighted by atomic mass is 10.1. The van der Waals surface area contributed by atoms with Crippen LogP contribution in [0.25, 0.3) is 17.0 Å². The first-order chi connectivity index (χ1) is 14.9. The van der Waals surface area contributed by atoms with Gasteiger partial charge in [-0.1, -0.05) is 30.4 Å². The second kappa shape index (κ2) is 7.95. The highest BCUT2D eigenvalue weighted by Gasteiger charge is 2.29. The number of hydrogen-bond acceptors (Lipinski definition) is 4. The first kappa shape index (κ1) is 20.2. The summed E-state index contributed by atoms with van der Waals surface area (Å²) in [6.45, 7) is 4.27. The van der Waals surface area contributed by atoms with Crippen LogP contribution in [0.2, 0.25) is 0 Å². The molecule has 0 bridgehead atoms. The summed E-state index contributed by atoms with van der Waals surface area (Å²) in [5.41, 5.74) is 9.04. The van der Waals surface area contributed by atoms with Crippen LogP contribution in [0.3, 0.4) is 0 Å². The molecule has 1 aliphatic heterocycles. The number of anilines is 1. The Hall–Kier alpha value is -4.13. The lowest BCUT2D eigenvalue weighted by molar-refractivity contribution is -0.114. The molecule has 0 radical (unpaired) electrons. The summed E-state index contributed by atoms with van der Waals surface area (Å²) in [7, 11) is 0. The summed E-state index contributed by atoms with van der Waals surface area (Å²) in [4.78, 5) is 23.8. The zero-order valence-electron chi connectivity index (χ0n) is 17.2. The summed E-state index contributed by atoms with van der Waals surface area (Å²) >= 11 is 0. The topological polar surface area (TPSA) is 101 Å². The Labute approximate surface area is 179 Å². The molecular formula is C24H22N4O3.